The molecule has 0 aliphatic carbocycles. The molecule has 0 saturated carbocycles. The molecular formula is C16H22N4. The van der Waals surface area contributed by atoms with Crippen molar-refractivity contribution in [2.24, 2.45) is 5.73 Å². The lowest BCUT2D eigenvalue weighted by atomic mass is 10.1. The monoisotopic (exact) mass is 270 g/mol. The number of aryl methyl sites for hydroxylation is 2. The molecule has 2 rings (SSSR count). The molecule has 0 aliphatic heterocycles. The van der Waals surface area contributed by atoms with E-state index in [1.165, 1.54) is 11.1 Å². The summed E-state index contributed by atoms with van der Waals surface area (Å²) in [5.74, 6) is 0.995. The molecule has 0 spiro atoms. The van der Waals surface area contributed by atoms with Crippen molar-refractivity contribution < 1.29 is 0 Å². The molecule has 0 saturated heterocycles. The second-order valence-electron chi connectivity index (χ2n) is 5.15. The summed E-state index contributed by atoms with van der Waals surface area (Å²) < 4.78 is 0. The fourth-order valence-corrected chi connectivity index (χ4v) is 2.33. The zero-order valence-corrected chi connectivity index (χ0v) is 12.4. The van der Waals surface area contributed by atoms with Crippen LogP contribution in [0.4, 0.5) is 5.82 Å². The molecule has 4 nitrogen and oxygen atoms in total. The van der Waals surface area contributed by atoms with Gasteiger partial charge in [-0.2, -0.15) is 0 Å². The molecule has 2 N–H and O–H groups in total. The summed E-state index contributed by atoms with van der Waals surface area (Å²) in [7, 11) is 2.04. The van der Waals surface area contributed by atoms with Gasteiger partial charge in [0.2, 0.25) is 0 Å². The van der Waals surface area contributed by atoms with E-state index in [0.29, 0.717) is 6.54 Å². The van der Waals surface area contributed by atoms with E-state index in [4.69, 9.17) is 5.73 Å². The van der Waals surface area contributed by atoms with Gasteiger partial charge in [-0.15, -0.1) is 0 Å². The summed E-state index contributed by atoms with van der Waals surface area (Å²) in [6.07, 6.45) is 2.78. The van der Waals surface area contributed by atoms with E-state index in [-0.39, 0.29) is 0 Å². The summed E-state index contributed by atoms with van der Waals surface area (Å²) in [4.78, 5) is 11.2. The van der Waals surface area contributed by atoms with Crippen molar-refractivity contribution in [3.63, 3.8) is 0 Å². The van der Waals surface area contributed by atoms with Gasteiger partial charge < -0.3 is 10.6 Å². The molecule has 0 aromatic carbocycles. The van der Waals surface area contributed by atoms with Crippen LogP contribution in [0.25, 0.3) is 0 Å². The van der Waals surface area contributed by atoms with Crippen molar-refractivity contribution in [1.82, 2.24) is 9.97 Å². The predicted octanol–water partition coefficient (Wildman–Crippen LogP) is 2.23. The van der Waals surface area contributed by atoms with Crippen molar-refractivity contribution in [1.29, 1.82) is 0 Å². The molecule has 0 bridgehead atoms. The van der Waals surface area contributed by atoms with E-state index < -0.39 is 0 Å². The van der Waals surface area contributed by atoms with Crippen LogP contribution in [0.15, 0.2) is 30.5 Å². The van der Waals surface area contributed by atoms with Gasteiger partial charge in [-0.25, -0.2) is 4.98 Å². The van der Waals surface area contributed by atoms with Crippen LogP contribution in [0.1, 0.15) is 22.5 Å². The number of aromatic nitrogens is 2. The van der Waals surface area contributed by atoms with E-state index >= 15 is 0 Å². The number of pyridine rings is 2. The van der Waals surface area contributed by atoms with Gasteiger partial charge in [-0.1, -0.05) is 12.1 Å². The Balaban J connectivity index is 2.14. The first-order valence-electron chi connectivity index (χ1n) is 6.89. The summed E-state index contributed by atoms with van der Waals surface area (Å²) in [6, 6.07) is 8.25. The highest BCUT2D eigenvalue weighted by molar-refractivity contribution is 5.47. The number of anilines is 1. The van der Waals surface area contributed by atoms with Crippen LogP contribution < -0.4 is 10.6 Å². The van der Waals surface area contributed by atoms with Crippen molar-refractivity contribution in [2.75, 3.05) is 18.5 Å². The molecular weight excluding hydrogens is 248 g/mol. The molecule has 2 heterocycles. The second-order valence-corrected chi connectivity index (χ2v) is 5.15. The first-order chi connectivity index (χ1) is 9.60. The minimum atomic E-state index is 0.656. The van der Waals surface area contributed by atoms with Gasteiger partial charge in [0.25, 0.3) is 0 Å². The topological polar surface area (TPSA) is 55.0 Å². The molecule has 0 atom stereocenters. The average molecular weight is 270 g/mol. The van der Waals surface area contributed by atoms with Crippen molar-refractivity contribution in [2.45, 2.75) is 26.8 Å². The highest BCUT2D eigenvalue weighted by Crippen LogP contribution is 2.18. The lowest BCUT2D eigenvalue weighted by Gasteiger charge is -2.20. The number of hydrogen-bond donors (Lipinski definition) is 1. The van der Waals surface area contributed by atoms with E-state index in [9.17, 15) is 0 Å². The zero-order chi connectivity index (χ0) is 14.5. The molecule has 4 heteroatoms. The third kappa shape index (κ3) is 3.54. The number of nitrogens with zero attached hydrogens (tertiary/aromatic N) is 3. The molecule has 2 aromatic rings. The van der Waals surface area contributed by atoms with E-state index in [2.05, 4.69) is 27.9 Å². The van der Waals surface area contributed by atoms with Gasteiger partial charge >= 0.3 is 0 Å². The molecule has 20 heavy (non-hydrogen) atoms. The first kappa shape index (κ1) is 14.5. The third-order valence-electron chi connectivity index (χ3n) is 3.25. The summed E-state index contributed by atoms with van der Waals surface area (Å²) in [5, 5.41) is 0. The highest BCUT2D eigenvalue weighted by Gasteiger charge is 2.08. The number of hydrogen-bond acceptors (Lipinski definition) is 4. The Bertz CT molecular complexity index is 580. The normalized spacial score (nSPS) is 10.6. The van der Waals surface area contributed by atoms with Crippen LogP contribution >= 0.6 is 0 Å². The molecule has 0 aliphatic rings. The number of nitrogens with two attached hydrogens (primary N) is 1. The van der Waals surface area contributed by atoms with Gasteiger partial charge in [-0.3, -0.25) is 4.98 Å². The van der Waals surface area contributed by atoms with Gasteiger partial charge in [0.05, 0.1) is 12.2 Å². The van der Waals surface area contributed by atoms with Crippen LogP contribution in [-0.4, -0.2) is 23.6 Å². The average Bonchev–Trinajstić information content (AvgIpc) is 2.39. The van der Waals surface area contributed by atoms with Crippen molar-refractivity contribution in [3.8, 4) is 0 Å². The Kier molecular flexibility index (Phi) is 4.69. The minimum Gasteiger partial charge on any atom is -0.354 e. The van der Waals surface area contributed by atoms with Gasteiger partial charge in [0.15, 0.2) is 0 Å². The standard InChI is InChI=1S/C16H22N4/c1-12-9-14(7-8-17)10-18-16(12)20(3)11-15-6-4-5-13(2)19-15/h4-6,9-10H,7-8,11,17H2,1-3H3. The Morgan fingerprint density at radius 1 is 1.25 bits per heavy atom. The molecule has 106 valence electrons. The lowest BCUT2D eigenvalue weighted by Crippen LogP contribution is -2.20. The summed E-state index contributed by atoms with van der Waals surface area (Å²) in [5.41, 5.74) is 10.0. The fraction of sp³-hybridized carbons (Fsp3) is 0.375. The van der Waals surface area contributed by atoms with Crippen molar-refractivity contribution >= 4 is 5.82 Å². The van der Waals surface area contributed by atoms with Crippen LogP contribution in [-0.2, 0) is 13.0 Å². The zero-order valence-electron chi connectivity index (χ0n) is 12.4. The SMILES string of the molecule is Cc1cccc(CN(C)c2ncc(CCN)cc2C)n1. The molecule has 0 radical (unpaired) electrons. The maximum absolute atomic E-state index is 5.58. The Hall–Kier alpha value is -1.94. The maximum Gasteiger partial charge on any atom is 0.131 e. The van der Waals surface area contributed by atoms with Gasteiger partial charge in [0.1, 0.15) is 5.82 Å². The minimum absolute atomic E-state index is 0.656. The van der Waals surface area contributed by atoms with Gasteiger partial charge in [0, 0.05) is 18.9 Å². The smallest absolute Gasteiger partial charge is 0.131 e. The predicted molar refractivity (Wildman–Crippen MR) is 82.8 cm³/mol. The summed E-state index contributed by atoms with van der Waals surface area (Å²) >= 11 is 0. The van der Waals surface area contributed by atoms with E-state index in [1.807, 2.05) is 38.4 Å². The third-order valence-corrected chi connectivity index (χ3v) is 3.25. The largest absolute Gasteiger partial charge is 0.354 e. The van der Waals surface area contributed by atoms with E-state index in [1.54, 1.807) is 0 Å². The molecule has 0 fully saturated rings. The lowest BCUT2D eigenvalue weighted by molar-refractivity contribution is 0.849. The quantitative estimate of drug-likeness (QED) is 0.905. The van der Waals surface area contributed by atoms with Crippen LogP contribution in [0.5, 0.6) is 0 Å². The maximum atomic E-state index is 5.58. The second kappa shape index (κ2) is 6.48. The van der Waals surface area contributed by atoms with Crippen LogP contribution in [0.2, 0.25) is 0 Å². The van der Waals surface area contributed by atoms with Crippen LogP contribution in [0, 0.1) is 13.8 Å². The van der Waals surface area contributed by atoms with Gasteiger partial charge in [-0.05, 0) is 50.1 Å². The Morgan fingerprint density at radius 3 is 2.70 bits per heavy atom. The Labute approximate surface area is 120 Å². The van der Waals surface area contributed by atoms with Crippen molar-refractivity contribution in [3.05, 3.63) is 53.0 Å². The highest BCUT2D eigenvalue weighted by atomic mass is 15.2. The molecule has 2 aromatic heterocycles. The first-order valence-corrected chi connectivity index (χ1v) is 6.89. The molecule has 0 unspecified atom stereocenters. The summed E-state index contributed by atoms with van der Waals surface area (Å²) in [6.45, 7) is 5.51. The number of rotatable bonds is 5. The molecule has 0 amide bonds. The fourth-order valence-electron chi connectivity index (χ4n) is 2.33. The van der Waals surface area contributed by atoms with E-state index in [0.717, 1.165) is 30.2 Å². The Morgan fingerprint density at radius 2 is 2.05 bits per heavy atom. The van der Waals surface area contributed by atoms with Crippen LogP contribution in [0.3, 0.4) is 0 Å².